The Morgan fingerprint density at radius 3 is 2.50 bits per heavy atom. The fourth-order valence-electron chi connectivity index (χ4n) is 2.22. The minimum atomic E-state index is -0.573. The largest absolute Gasteiger partial charge is 0.313 e. The van der Waals surface area contributed by atoms with Crippen molar-refractivity contribution in [1.82, 2.24) is 5.32 Å². The van der Waals surface area contributed by atoms with Crippen molar-refractivity contribution in [2.24, 2.45) is 5.92 Å². The Labute approximate surface area is 113 Å². The first-order valence-electron chi connectivity index (χ1n) is 6.31. The van der Waals surface area contributed by atoms with E-state index in [1.54, 1.807) is 7.05 Å². The van der Waals surface area contributed by atoms with Gasteiger partial charge in [0.25, 0.3) is 0 Å². The van der Waals surface area contributed by atoms with Crippen molar-refractivity contribution in [2.75, 3.05) is 7.05 Å². The summed E-state index contributed by atoms with van der Waals surface area (Å²) in [5, 5.41) is 2.87. The van der Waals surface area contributed by atoms with Gasteiger partial charge >= 0.3 is 0 Å². The molecule has 0 radical (unpaired) electrons. The van der Waals surface area contributed by atoms with E-state index >= 15 is 0 Å². The summed E-state index contributed by atoms with van der Waals surface area (Å²) in [5.74, 6) is -0.563. The van der Waals surface area contributed by atoms with Crippen LogP contribution in [0.5, 0.6) is 0 Å². The van der Waals surface area contributed by atoms with Crippen LogP contribution in [-0.4, -0.2) is 7.05 Å². The maximum Gasteiger partial charge on any atom is 0.142 e. The molecule has 1 nitrogen and oxygen atoms in total. The molecule has 0 saturated heterocycles. The van der Waals surface area contributed by atoms with E-state index in [9.17, 15) is 8.78 Å². The summed E-state index contributed by atoms with van der Waals surface area (Å²) >= 11 is 5.55. The molecule has 0 aliphatic carbocycles. The van der Waals surface area contributed by atoms with Gasteiger partial charge in [-0.05, 0) is 31.5 Å². The smallest absolute Gasteiger partial charge is 0.142 e. The molecule has 1 aromatic rings. The van der Waals surface area contributed by atoms with Gasteiger partial charge in [0.1, 0.15) is 11.6 Å². The molecule has 0 spiro atoms. The molecule has 0 heterocycles. The summed E-state index contributed by atoms with van der Waals surface area (Å²) in [7, 11) is 1.76. The standard InChI is InChI=1S/C14H20ClF2N/c1-4-5-9(2)6-14(18-3)10-7-13(17)11(15)8-12(10)16/h7-9,14,18H,4-6H2,1-3H3. The maximum atomic E-state index is 13.8. The number of benzene rings is 1. The van der Waals surface area contributed by atoms with E-state index in [1.165, 1.54) is 6.07 Å². The predicted molar refractivity (Wildman–Crippen MR) is 71.9 cm³/mol. The van der Waals surface area contributed by atoms with E-state index in [4.69, 9.17) is 11.6 Å². The molecule has 4 heteroatoms. The van der Waals surface area contributed by atoms with Gasteiger partial charge < -0.3 is 5.32 Å². The number of nitrogens with one attached hydrogen (secondary N) is 1. The third-order valence-corrected chi connectivity index (χ3v) is 3.47. The molecule has 0 bridgehead atoms. The Morgan fingerprint density at radius 2 is 1.94 bits per heavy atom. The Morgan fingerprint density at radius 1 is 1.28 bits per heavy atom. The first-order valence-corrected chi connectivity index (χ1v) is 6.69. The SMILES string of the molecule is CCCC(C)CC(NC)c1cc(F)c(Cl)cc1F. The van der Waals surface area contributed by atoms with E-state index in [0.717, 1.165) is 25.3 Å². The molecule has 18 heavy (non-hydrogen) atoms. The zero-order chi connectivity index (χ0) is 13.7. The zero-order valence-electron chi connectivity index (χ0n) is 11.1. The summed E-state index contributed by atoms with van der Waals surface area (Å²) in [6.45, 7) is 4.24. The van der Waals surface area contributed by atoms with Crippen LogP contribution >= 0.6 is 11.6 Å². The van der Waals surface area contributed by atoms with Crippen molar-refractivity contribution < 1.29 is 8.78 Å². The second-order valence-corrected chi connectivity index (χ2v) is 5.17. The van der Waals surface area contributed by atoms with E-state index in [1.807, 2.05) is 0 Å². The van der Waals surface area contributed by atoms with Gasteiger partial charge in [0.2, 0.25) is 0 Å². The van der Waals surface area contributed by atoms with Crippen molar-refractivity contribution in [3.8, 4) is 0 Å². The van der Waals surface area contributed by atoms with Gasteiger partial charge in [-0.3, -0.25) is 0 Å². The Hall–Kier alpha value is -0.670. The molecule has 1 rings (SSSR count). The Bertz CT molecular complexity index is 396. The molecule has 0 aliphatic heterocycles. The molecule has 2 unspecified atom stereocenters. The molecule has 0 fully saturated rings. The van der Waals surface area contributed by atoms with Gasteiger partial charge in [-0.15, -0.1) is 0 Å². The lowest BCUT2D eigenvalue weighted by atomic mass is 9.93. The lowest BCUT2D eigenvalue weighted by Gasteiger charge is -2.21. The van der Waals surface area contributed by atoms with E-state index < -0.39 is 11.6 Å². The monoisotopic (exact) mass is 275 g/mol. The first kappa shape index (κ1) is 15.4. The van der Waals surface area contributed by atoms with Gasteiger partial charge in [0.05, 0.1) is 5.02 Å². The van der Waals surface area contributed by atoms with Crippen LogP contribution in [0.3, 0.4) is 0 Å². The minimum Gasteiger partial charge on any atom is -0.313 e. The molecule has 1 aromatic carbocycles. The highest BCUT2D eigenvalue weighted by atomic mass is 35.5. The van der Waals surface area contributed by atoms with Crippen molar-refractivity contribution in [2.45, 2.75) is 39.2 Å². The molecule has 1 N–H and O–H groups in total. The van der Waals surface area contributed by atoms with Crippen LogP contribution < -0.4 is 5.32 Å². The third-order valence-electron chi connectivity index (χ3n) is 3.18. The number of halogens is 3. The summed E-state index contributed by atoms with van der Waals surface area (Å²) in [6, 6.07) is 2.05. The molecular weight excluding hydrogens is 256 g/mol. The molecule has 0 amide bonds. The quantitative estimate of drug-likeness (QED) is 0.742. The second-order valence-electron chi connectivity index (χ2n) is 4.76. The maximum absolute atomic E-state index is 13.8. The van der Waals surface area contributed by atoms with Crippen molar-refractivity contribution in [3.05, 3.63) is 34.4 Å². The number of rotatable bonds is 6. The summed E-state index contributed by atoms with van der Waals surface area (Å²) in [5.41, 5.74) is 0.349. The lowest BCUT2D eigenvalue weighted by Crippen LogP contribution is -2.20. The first-order chi connectivity index (χ1) is 8.49. The van der Waals surface area contributed by atoms with Gasteiger partial charge in [-0.1, -0.05) is 38.3 Å². The normalized spacial score (nSPS) is 14.6. The van der Waals surface area contributed by atoms with Gasteiger partial charge in [0, 0.05) is 11.6 Å². The summed E-state index contributed by atoms with van der Waals surface area (Å²) in [6.07, 6.45) is 2.95. The molecule has 2 atom stereocenters. The zero-order valence-corrected chi connectivity index (χ0v) is 11.8. The van der Waals surface area contributed by atoms with E-state index in [0.29, 0.717) is 11.5 Å². The fraction of sp³-hybridized carbons (Fsp3) is 0.571. The third kappa shape index (κ3) is 3.92. The minimum absolute atomic E-state index is 0.173. The summed E-state index contributed by atoms with van der Waals surface area (Å²) in [4.78, 5) is 0. The van der Waals surface area contributed by atoms with Gasteiger partial charge in [-0.2, -0.15) is 0 Å². The summed E-state index contributed by atoms with van der Waals surface area (Å²) < 4.78 is 27.2. The predicted octanol–water partition coefficient (Wildman–Crippen LogP) is 4.71. The molecular formula is C14H20ClF2N. The van der Waals surface area contributed by atoms with Crippen LogP contribution in [0.4, 0.5) is 8.78 Å². The number of hydrogen-bond acceptors (Lipinski definition) is 1. The number of hydrogen-bond donors (Lipinski definition) is 1. The van der Waals surface area contributed by atoms with Crippen LogP contribution in [0.15, 0.2) is 12.1 Å². The second kappa shape index (κ2) is 7.05. The average Bonchev–Trinajstić information content (AvgIpc) is 2.31. The lowest BCUT2D eigenvalue weighted by molar-refractivity contribution is 0.396. The molecule has 102 valence electrons. The average molecular weight is 276 g/mol. The molecule has 0 aliphatic rings. The Balaban J connectivity index is 2.91. The van der Waals surface area contributed by atoms with Crippen molar-refractivity contribution in [1.29, 1.82) is 0 Å². The highest BCUT2D eigenvalue weighted by molar-refractivity contribution is 6.30. The molecule has 0 aromatic heterocycles. The van der Waals surface area contributed by atoms with Crippen molar-refractivity contribution >= 4 is 11.6 Å². The fourth-order valence-corrected chi connectivity index (χ4v) is 2.37. The van der Waals surface area contributed by atoms with Crippen LogP contribution in [0.25, 0.3) is 0 Å². The van der Waals surface area contributed by atoms with Crippen LogP contribution in [-0.2, 0) is 0 Å². The topological polar surface area (TPSA) is 12.0 Å². The van der Waals surface area contributed by atoms with Crippen molar-refractivity contribution in [3.63, 3.8) is 0 Å². The van der Waals surface area contributed by atoms with Gasteiger partial charge in [0.15, 0.2) is 0 Å². The highest BCUT2D eigenvalue weighted by Gasteiger charge is 2.19. The Kier molecular flexibility index (Phi) is 6.03. The highest BCUT2D eigenvalue weighted by Crippen LogP contribution is 2.28. The van der Waals surface area contributed by atoms with Crippen LogP contribution in [0, 0.1) is 17.6 Å². The van der Waals surface area contributed by atoms with Crippen LogP contribution in [0.2, 0.25) is 5.02 Å². The van der Waals surface area contributed by atoms with E-state index in [2.05, 4.69) is 19.2 Å². The molecule has 0 saturated carbocycles. The van der Waals surface area contributed by atoms with E-state index in [-0.39, 0.29) is 11.1 Å². The van der Waals surface area contributed by atoms with Crippen LogP contribution in [0.1, 0.15) is 44.7 Å². The van der Waals surface area contributed by atoms with Gasteiger partial charge in [-0.25, -0.2) is 8.78 Å².